The van der Waals surface area contributed by atoms with E-state index in [-0.39, 0.29) is 33.4 Å². The van der Waals surface area contributed by atoms with Gasteiger partial charge in [0.15, 0.2) is 18.3 Å². The summed E-state index contributed by atoms with van der Waals surface area (Å²) in [7, 11) is 0. The molecule has 0 unspecified atom stereocenters. The van der Waals surface area contributed by atoms with Gasteiger partial charge in [0.05, 0.1) is 27.8 Å². The van der Waals surface area contributed by atoms with Crippen molar-refractivity contribution in [2.45, 2.75) is 30.5 Å². The average molecular weight is 701 g/mol. The monoisotopic (exact) mass is 700 g/mol. The smallest absolute Gasteiger partial charge is 0.338 e. The number of rotatable bonds is 11. The van der Waals surface area contributed by atoms with Crippen molar-refractivity contribution in [2.75, 3.05) is 6.61 Å². The zero-order valence-electron chi connectivity index (χ0n) is 27.5. The largest absolute Gasteiger partial charge is 0.478 e. The Hall–Kier alpha value is -6.59. The number of carboxylic acids is 1. The minimum Gasteiger partial charge on any atom is -0.478 e. The predicted molar refractivity (Wildman–Crippen MR) is 185 cm³/mol. The topological polar surface area (TPSA) is 152 Å². The molecule has 0 spiro atoms. The fraction of sp³-hybridized carbons (Fsp3) is 0.146. The summed E-state index contributed by atoms with van der Waals surface area (Å²) in [4.78, 5) is 66.7. The van der Waals surface area contributed by atoms with Crippen LogP contribution in [-0.4, -0.2) is 66.0 Å². The molecule has 11 heteroatoms. The maximum atomic E-state index is 13.8. The molecule has 262 valence electrons. The van der Waals surface area contributed by atoms with Gasteiger partial charge in [-0.3, -0.25) is 0 Å². The number of esters is 4. The van der Waals surface area contributed by atoms with Gasteiger partial charge in [0.25, 0.3) is 0 Å². The van der Waals surface area contributed by atoms with E-state index in [1.54, 1.807) is 91.0 Å². The molecule has 1 N–H and O–H groups in total. The number of carboxylic acid groups (broad SMARTS) is 1. The quantitative estimate of drug-likeness (QED) is 0.121. The minimum absolute atomic E-state index is 0.0637. The Labute approximate surface area is 298 Å². The van der Waals surface area contributed by atoms with Crippen molar-refractivity contribution < 1.29 is 52.8 Å². The highest BCUT2D eigenvalue weighted by atomic mass is 16.7. The molecule has 0 amide bonds. The van der Waals surface area contributed by atoms with Crippen molar-refractivity contribution in [3.8, 4) is 0 Å². The van der Waals surface area contributed by atoms with E-state index in [0.29, 0.717) is 0 Å². The second kappa shape index (κ2) is 16.4. The molecule has 0 radical (unpaired) electrons. The predicted octanol–water partition coefficient (Wildman–Crippen LogP) is 6.36. The molecule has 1 fully saturated rings. The first-order valence-corrected chi connectivity index (χ1v) is 16.3. The number of hydrogen-bond donors (Lipinski definition) is 1. The summed E-state index contributed by atoms with van der Waals surface area (Å²) < 4.78 is 30.3. The average Bonchev–Trinajstić information content (AvgIpc) is 3.19. The summed E-state index contributed by atoms with van der Waals surface area (Å²) in [6, 6.07) is 38.0. The van der Waals surface area contributed by atoms with E-state index in [4.69, 9.17) is 23.7 Å². The molecule has 1 aliphatic rings. The number of carbonyl (C=O) groups is 5. The van der Waals surface area contributed by atoms with Gasteiger partial charge in [-0.2, -0.15) is 0 Å². The Morgan fingerprint density at radius 1 is 0.481 bits per heavy atom. The maximum Gasteiger partial charge on any atom is 0.338 e. The van der Waals surface area contributed by atoms with E-state index in [9.17, 15) is 29.1 Å². The van der Waals surface area contributed by atoms with Gasteiger partial charge in [0, 0.05) is 0 Å². The van der Waals surface area contributed by atoms with Crippen LogP contribution in [0.2, 0.25) is 0 Å². The van der Waals surface area contributed by atoms with Crippen LogP contribution in [0.3, 0.4) is 0 Å². The van der Waals surface area contributed by atoms with Crippen molar-refractivity contribution in [3.63, 3.8) is 0 Å². The normalized spacial score (nSPS) is 19.4. The van der Waals surface area contributed by atoms with Crippen molar-refractivity contribution in [3.05, 3.63) is 179 Å². The summed E-state index contributed by atoms with van der Waals surface area (Å²) in [5.41, 5.74) is 0.509. The molecule has 6 rings (SSSR count). The highest BCUT2D eigenvalue weighted by Crippen LogP contribution is 2.40. The molecule has 0 aliphatic carbocycles. The van der Waals surface area contributed by atoms with Crippen LogP contribution in [0.5, 0.6) is 0 Å². The van der Waals surface area contributed by atoms with Gasteiger partial charge in [-0.25, -0.2) is 24.0 Å². The molecule has 0 saturated carbocycles. The van der Waals surface area contributed by atoms with Gasteiger partial charge in [-0.15, -0.1) is 0 Å². The molecule has 5 aromatic rings. The summed E-state index contributed by atoms with van der Waals surface area (Å²) in [6.07, 6.45) is -7.55. The van der Waals surface area contributed by atoms with Gasteiger partial charge in [0.2, 0.25) is 0 Å². The first-order valence-electron chi connectivity index (χ1n) is 16.3. The van der Waals surface area contributed by atoms with Crippen LogP contribution < -0.4 is 0 Å². The van der Waals surface area contributed by atoms with E-state index in [0.717, 1.165) is 0 Å². The van der Waals surface area contributed by atoms with Gasteiger partial charge in [0.1, 0.15) is 18.8 Å². The van der Waals surface area contributed by atoms with Crippen LogP contribution in [0.15, 0.2) is 146 Å². The number of benzene rings is 5. The van der Waals surface area contributed by atoms with Gasteiger partial charge < -0.3 is 28.8 Å². The van der Waals surface area contributed by atoms with Crippen LogP contribution in [0, 0.1) is 0 Å². The minimum atomic E-state index is -1.62. The lowest BCUT2D eigenvalue weighted by Crippen LogP contribution is -2.60. The number of ether oxygens (including phenoxy) is 5. The van der Waals surface area contributed by atoms with Crippen molar-refractivity contribution in [1.82, 2.24) is 0 Å². The lowest BCUT2D eigenvalue weighted by molar-refractivity contribution is -0.231. The molecule has 0 bridgehead atoms. The van der Waals surface area contributed by atoms with Crippen molar-refractivity contribution in [1.29, 1.82) is 0 Å². The lowest BCUT2D eigenvalue weighted by atomic mass is 9.88. The number of carbonyl (C=O) groups excluding carboxylic acids is 4. The van der Waals surface area contributed by atoms with Crippen LogP contribution in [0.4, 0.5) is 0 Å². The molecule has 0 aromatic heterocycles. The Morgan fingerprint density at radius 2 is 0.865 bits per heavy atom. The molecule has 5 aromatic carbocycles. The summed E-state index contributed by atoms with van der Waals surface area (Å²) in [6.45, 7) is -0.537. The molecular weight excluding hydrogens is 668 g/mol. The second-order valence-corrected chi connectivity index (χ2v) is 11.7. The summed E-state index contributed by atoms with van der Waals surface area (Å²) >= 11 is 0. The van der Waals surface area contributed by atoms with Crippen molar-refractivity contribution in [2.24, 2.45) is 0 Å². The Morgan fingerprint density at radius 3 is 1.33 bits per heavy atom. The molecule has 1 heterocycles. The third kappa shape index (κ3) is 8.23. The van der Waals surface area contributed by atoms with E-state index >= 15 is 0 Å². The first-order chi connectivity index (χ1) is 25.3. The van der Waals surface area contributed by atoms with E-state index in [1.807, 2.05) is 0 Å². The highest BCUT2D eigenvalue weighted by molar-refractivity contribution is 5.92. The molecule has 52 heavy (non-hydrogen) atoms. The zero-order chi connectivity index (χ0) is 36.5. The third-order valence-corrected chi connectivity index (χ3v) is 8.28. The summed E-state index contributed by atoms with van der Waals surface area (Å²) in [5, 5.41) is 10.2. The molecule has 11 nitrogen and oxygen atoms in total. The van der Waals surface area contributed by atoms with Crippen LogP contribution in [-0.2, 0) is 23.7 Å². The first kappa shape index (κ1) is 35.2. The molecule has 5 atom stereocenters. The fourth-order valence-electron chi connectivity index (χ4n) is 5.76. The van der Waals surface area contributed by atoms with E-state index < -0.39 is 67.0 Å². The number of aromatic carboxylic acids is 1. The van der Waals surface area contributed by atoms with Crippen molar-refractivity contribution >= 4 is 29.8 Å². The standard InChI is InChI=1S/C41H32O11/c42-37(43)31-24-14-13-23-30(31)33-35(51-40(46)28-19-9-3-10-20-28)36(52-41(47)29-21-11-4-12-22-29)34(50-39(45)27-17-7-2-8-18-27)32(49-33)25-48-38(44)26-15-5-1-6-16-26/h1-24,32-36H,25H2,(H,42,43)/t32-,33-,34-,35+,36+/m1/s1. The zero-order valence-corrected chi connectivity index (χ0v) is 27.5. The van der Waals surface area contributed by atoms with Crippen LogP contribution >= 0.6 is 0 Å². The lowest BCUT2D eigenvalue weighted by Gasteiger charge is -2.45. The maximum absolute atomic E-state index is 13.8. The molecule has 1 aliphatic heterocycles. The fourth-order valence-corrected chi connectivity index (χ4v) is 5.76. The van der Waals surface area contributed by atoms with Gasteiger partial charge in [-0.1, -0.05) is 91.0 Å². The number of hydrogen-bond acceptors (Lipinski definition) is 10. The third-order valence-electron chi connectivity index (χ3n) is 8.28. The van der Waals surface area contributed by atoms with Gasteiger partial charge in [-0.05, 0) is 60.2 Å². The molecular formula is C41H32O11. The van der Waals surface area contributed by atoms with E-state index in [1.165, 1.54) is 54.6 Å². The second-order valence-electron chi connectivity index (χ2n) is 11.7. The Kier molecular flexibility index (Phi) is 11.1. The van der Waals surface area contributed by atoms with Gasteiger partial charge >= 0.3 is 29.8 Å². The molecule has 1 saturated heterocycles. The highest BCUT2D eigenvalue weighted by Gasteiger charge is 2.54. The van der Waals surface area contributed by atoms with Crippen LogP contribution in [0.25, 0.3) is 0 Å². The Bertz CT molecular complexity index is 2020. The summed E-state index contributed by atoms with van der Waals surface area (Å²) in [5.74, 6) is -4.59. The SMILES string of the molecule is O=C(OC[C@H]1O[C@H](c2ccccc2C(=O)O)[C@H](OC(=O)c2ccccc2)[C@@H](OC(=O)c2ccccc2)[C@@H]1OC(=O)c1ccccc1)c1ccccc1. The van der Waals surface area contributed by atoms with E-state index in [2.05, 4.69) is 0 Å². The van der Waals surface area contributed by atoms with Crippen LogP contribution in [0.1, 0.15) is 63.5 Å². The Balaban J connectivity index is 1.47.